The van der Waals surface area contributed by atoms with Crippen LogP contribution in [0, 0.1) is 5.92 Å². The highest BCUT2D eigenvalue weighted by Crippen LogP contribution is 2.45. The van der Waals surface area contributed by atoms with Gasteiger partial charge in [0.25, 0.3) is 0 Å². The fourth-order valence-electron chi connectivity index (χ4n) is 13.1. The molecule has 5 atom stereocenters. The van der Waals surface area contributed by atoms with Gasteiger partial charge in [0.15, 0.2) is 12.2 Å². The van der Waals surface area contributed by atoms with Crippen LogP contribution in [0.1, 0.15) is 452 Å². The third-order valence-electron chi connectivity index (χ3n) is 19.8. The van der Waals surface area contributed by atoms with E-state index < -0.39 is 97.5 Å². The third-order valence-corrected chi connectivity index (χ3v) is 21.7. The topological polar surface area (TPSA) is 237 Å². The first-order valence-electron chi connectivity index (χ1n) is 43.6. The molecule has 0 aromatic carbocycles. The summed E-state index contributed by atoms with van der Waals surface area (Å²) in [6.07, 6.45) is 69.8. The minimum absolute atomic E-state index is 0.107. The monoisotopic (exact) mass is 1510 g/mol. The number of rotatable bonds is 84. The predicted octanol–water partition coefficient (Wildman–Crippen LogP) is 25.6. The lowest BCUT2D eigenvalue weighted by Gasteiger charge is -2.21. The number of phosphoric ester groups is 2. The van der Waals surface area contributed by atoms with Crippen LogP contribution in [-0.4, -0.2) is 96.7 Å². The lowest BCUT2D eigenvalue weighted by Crippen LogP contribution is -2.30. The predicted molar refractivity (Wildman–Crippen MR) is 423 cm³/mol. The Bertz CT molecular complexity index is 1960. The van der Waals surface area contributed by atoms with Gasteiger partial charge in [-0.2, -0.15) is 0 Å². The summed E-state index contributed by atoms with van der Waals surface area (Å²) in [5.41, 5.74) is 0. The van der Waals surface area contributed by atoms with E-state index in [0.717, 1.165) is 109 Å². The van der Waals surface area contributed by atoms with E-state index in [1.54, 1.807) is 0 Å². The van der Waals surface area contributed by atoms with E-state index in [1.807, 2.05) is 0 Å². The van der Waals surface area contributed by atoms with Gasteiger partial charge in [-0.1, -0.05) is 401 Å². The molecule has 19 heteroatoms. The zero-order chi connectivity index (χ0) is 75.5. The molecule has 0 radical (unpaired) electrons. The number of ether oxygens (including phenoxy) is 4. The summed E-state index contributed by atoms with van der Waals surface area (Å²) in [5, 5.41) is 10.6. The molecule has 0 saturated heterocycles. The van der Waals surface area contributed by atoms with Crippen molar-refractivity contribution in [3.05, 3.63) is 0 Å². The van der Waals surface area contributed by atoms with Crippen LogP contribution in [0.25, 0.3) is 0 Å². The first-order chi connectivity index (χ1) is 50.0. The highest BCUT2D eigenvalue weighted by Gasteiger charge is 2.30. The first-order valence-corrected chi connectivity index (χ1v) is 46.6. The normalized spacial score (nSPS) is 13.8. The van der Waals surface area contributed by atoms with Gasteiger partial charge in [-0.3, -0.25) is 37.3 Å². The van der Waals surface area contributed by atoms with Gasteiger partial charge in [0.2, 0.25) is 0 Å². The van der Waals surface area contributed by atoms with E-state index in [9.17, 15) is 43.2 Å². The van der Waals surface area contributed by atoms with Gasteiger partial charge in [-0.05, 0) is 31.6 Å². The number of unbranched alkanes of at least 4 members (excludes halogenated alkanes) is 56. The molecule has 0 rings (SSSR count). The Labute approximate surface area is 632 Å². The molecule has 0 spiro atoms. The second kappa shape index (κ2) is 76.8. The van der Waals surface area contributed by atoms with Crippen LogP contribution in [-0.2, 0) is 65.4 Å². The van der Waals surface area contributed by atoms with Crippen molar-refractivity contribution in [1.82, 2.24) is 0 Å². The molecule has 0 heterocycles. The maximum Gasteiger partial charge on any atom is 0.472 e. The van der Waals surface area contributed by atoms with Crippen molar-refractivity contribution in [2.75, 3.05) is 39.6 Å². The van der Waals surface area contributed by atoms with E-state index >= 15 is 0 Å². The smallest absolute Gasteiger partial charge is 0.462 e. The molecule has 17 nitrogen and oxygen atoms in total. The summed E-state index contributed by atoms with van der Waals surface area (Å²) in [5.74, 6) is -1.33. The van der Waals surface area contributed by atoms with Crippen LogP contribution in [0.5, 0.6) is 0 Å². The van der Waals surface area contributed by atoms with Crippen LogP contribution in [0.4, 0.5) is 0 Å². The SMILES string of the molecule is CCCCCCCCCCCCCCCCCCCCCCCCC(=O)O[C@H](COC(=O)CCCCCCCCCCCCCCCCCCCCC)COP(=O)(O)OC[C@@H](O)COP(=O)(O)OC[C@@H](COC(=O)CCCCCCCCC)OC(=O)CCCCCCCCCCCCCCC(C)C. The van der Waals surface area contributed by atoms with E-state index in [-0.39, 0.29) is 25.7 Å². The number of aliphatic hydroxyl groups is 1. The second-order valence-electron chi connectivity index (χ2n) is 30.7. The Kier molecular flexibility index (Phi) is 75.4. The van der Waals surface area contributed by atoms with Crippen molar-refractivity contribution in [3.63, 3.8) is 0 Å². The van der Waals surface area contributed by atoms with E-state index in [2.05, 4.69) is 34.6 Å². The Hall–Kier alpha value is -1.94. The highest BCUT2D eigenvalue weighted by atomic mass is 31.2. The standard InChI is InChI=1S/C84H164O17P2/c1-6-9-12-15-18-20-22-24-26-28-30-31-32-34-36-38-40-45-49-54-59-64-69-84(89)101-80(74-95-82(87)68-63-58-53-48-44-39-37-35-33-29-27-25-23-21-19-16-13-10-7-2)76-99-103(92,93)97-72-78(85)71-96-102(90,91)98-75-79(73-94-81(86)67-62-57-51-17-14-11-8-3)100-83(88)70-65-60-55-50-46-42-41-43-47-52-56-61-66-77(4)5/h77-80,85H,6-76H2,1-5H3,(H,90,91)(H,92,93)/t78-,79+,80+/m0/s1. The zero-order valence-electron chi connectivity index (χ0n) is 67.5. The van der Waals surface area contributed by atoms with Crippen molar-refractivity contribution >= 4 is 39.5 Å². The molecule has 2 unspecified atom stereocenters. The number of hydrogen-bond acceptors (Lipinski definition) is 15. The fourth-order valence-corrected chi connectivity index (χ4v) is 14.7. The molecule has 0 fully saturated rings. The molecule has 0 saturated carbocycles. The minimum atomic E-state index is -4.96. The average Bonchev–Trinajstić information content (AvgIpc) is 0.918. The maximum absolute atomic E-state index is 13.1. The molecular weight excluding hydrogens is 1340 g/mol. The lowest BCUT2D eigenvalue weighted by atomic mass is 10.0. The highest BCUT2D eigenvalue weighted by molar-refractivity contribution is 7.47. The van der Waals surface area contributed by atoms with E-state index in [1.165, 1.54) is 263 Å². The molecule has 3 N–H and O–H groups in total. The summed E-state index contributed by atoms with van der Waals surface area (Å²) in [7, 11) is -9.92. The van der Waals surface area contributed by atoms with Crippen LogP contribution < -0.4 is 0 Å². The molecule has 0 aliphatic carbocycles. The van der Waals surface area contributed by atoms with Gasteiger partial charge in [0.05, 0.1) is 26.4 Å². The number of carbonyl (C=O) groups is 4. The summed E-state index contributed by atoms with van der Waals surface area (Å²) >= 11 is 0. The van der Waals surface area contributed by atoms with Gasteiger partial charge in [-0.15, -0.1) is 0 Å². The van der Waals surface area contributed by atoms with Crippen molar-refractivity contribution in [2.24, 2.45) is 5.92 Å². The quantitative estimate of drug-likeness (QED) is 0.0222. The fraction of sp³-hybridized carbons (Fsp3) is 0.952. The van der Waals surface area contributed by atoms with Gasteiger partial charge in [0.1, 0.15) is 19.3 Å². The molecular formula is C84H164O17P2. The Morgan fingerprint density at radius 1 is 0.262 bits per heavy atom. The van der Waals surface area contributed by atoms with Gasteiger partial charge < -0.3 is 33.8 Å². The number of hydrogen-bond donors (Lipinski definition) is 3. The summed E-state index contributed by atoms with van der Waals surface area (Å²) in [4.78, 5) is 73.0. The third kappa shape index (κ3) is 78.0. The molecule has 0 amide bonds. The van der Waals surface area contributed by atoms with Crippen molar-refractivity contribution in [1.29, 1.82) is 0 Å². The number of phosphoric acid groups is 2. The van der Waals surface area contributed by atoms with Gasteiger partial charge >= 0.3 is 39.5 Å². The Morgan fingerprint density at radius 2 is 0.447 bits per heavy atom. The van der Waals surface area contributed by atoms with Crippen LogP contribution >= 0.6 is 15.6 Å². The molecule has 0 aliphatic rings. The summed E-state index contributed by atoms with van der Waals surface area (Å²) in [6.45, 7) is 7.31. The van der Waals surface area contributed by atoms with Crippen molar-refractivity contribution < 1.29 is 80.2 Å². The maximum atomic E-state index is 13.1. The molecule has 0 aromatic rings. The van der Waals surface area contributed by atoms with E-state index in [4.69, 9.17) is 37.0 Å². The minimum Gasteiger partial charge on any atom is -0.462 e. The molecule has 612 valence electrons. The zero-order valence-corrected chi connectivity index (χ0v) is 69.3. The van der Waals surface area contributed by atoms with Crippen LogP contribution in [0.15, 0.2) is 0 Å². The van der Waals surface area contributed by atoms with Crippen LogP contribution in [0.2, 0.25) is 0 Å². The summed E-state index contributed by atoms with van der Waals surface area (Å²) < 4.78 is 68.7. The number of aliphatic hydroxyl groups excluding tert-OH is 1. The van der Waals surface area contributed by atoms with Crippen molar-refractivity contribution in [2.45, 2.75) is 470 Å². The van der Waals surface area contributed by atoms with E-state index in [0.29, 0.717) is 25.7 Å². The molecule has 0 bridgehead atoms. The average molecular weight is 1510 g/mol. The lowest BCUT2D eigenvalue weighted by molar-refractivity contribution is -0.161. The Morgan fingerprint density at radius 3 is 0.660 bits per heavy atom. The Balaban J connectivity index is 5.16. The molecule has 0 aliphatic heterocycles. The van der Waals surface area contributed by atoms with Gasteiger partial charge in [0, 0.05) is 25.7 Å². The van der Waals surface area contributed by atoms with Crippen molar-refractivity contribution in [3.8, 4) is 0 Å². The molecule has 103 heavy (non-hydrogen) atoms. The van der Waals surface area contributed by atoms with Crippen LogP contribution in [0.3, 0.4) is 0 Å². The summed E-state index contributed by atoms with van der Waals surface area (Å²) in [6, 6.07) is 0. The number of carbonyl (C=O) groups excluding carboxylic acids is 4. The number of esters is 4. The van der Waals surface area contributed by atoms with Gasteiger partial charge in [-0.25, -0.2) is 9.13 Å². The second-order valence-corrected chi connectivity index (χ2v) is 33.6. The first kappa shape index (κ1) is 101. The largest absolute Gasteiger partial charge is 0.472 e. The molecule has 0 aromatic heterocycles.